The van der Waals surface area contributed by atoms with Crippen LogP contribution in [0.2, 0.25) is 11.3 Å². The van der Waals surface area contributed by atoms with Crippen molar-refractivity contribution < 1.29 is 24.7 Å². The van der Waals surface area contributed by atoms with Gasteiger partial charge >= 0.3 is 13.1 Å². The van der Waals surface area contributed by atoms with Gasteiger partial charge in [-0.3, -0.25) is 14.5 Å². The molecule has 1 unspecified atom stereocenters. The largest absolute Gasteiger partial charge is 0.480 e. The lowest BCUT2D eigenvalue weighted by molar-refractivity contribution is -0.144. The van der Waals surface area contributed by atoms with Gasteiger partial charge in [0.15, 0.2) is 0 Å². The maximum atomic E-state index is 12.7. The fourth-order valence-electron chi connectivity index (χ4n) is 3.81. The third-order valence-electron chi connectivity index (χ3n) is 5.94. The van der Waals surface area contributed by atoms with E-state index in [1.165, 1.54) is 0 Å². The molecule has 1 amide bonds. The van der Waals surface area contributed by atoms with E-state index in [1.54, 1.807) is 12.1 Å². The number of amides is 1. The molecule has 0 radical (unpaired) electrons. The lowest BCUT2D eigenvalue weighted by atomic mass is 9.81. The van der Waals surface area contributed by atoms with Gasteiger partial charge in [-0.25, -0.2) is 0 Å². The molecule has 0 saturated carbocycles. The molecule has 1 aromatic rings. The number of rotatable bonds is 11. The van der Waals surface area contributed by atoms with Crippen LogP contribution in [0.15, 0.2) is 18.2 Å². The third-order valence-corrected chi connectivity index (χ3v) is 6.34. The molecule has 1 aliphatic heterocycles. The standard InChI is InChI=1S/C21H33BClN3O5/c1-16-5-6-17(15-18(16)23)19(27)26-13-11-25(12-14-26)10-4-8-21(24,20(28)29)7-2-3-9-22(30)31/h5-6,15,30-31H,2-4,7-14,24H2,1H3,(H,28,29). The summed E-state index contributed by atoms with van der Waals surface area (Å²) >= 11 is 6.14. The summed E-state index contributed by atoms with van der Waals surface area (Å²) in [6, 6.07) is 5.35. The maximum Gasteiger partial charge on any atom is 0.451 e. The first-order chi connectivity index (χ1) is 14.6. The highest BCUT2D eigenvalue weighted by Crippen LogP contribution is 2.21. The van der Waals surface area contributed by atoms with Crippen LogP contribution in [0, 0.1) is 6.92 Å². The van der Waals surface area contributed by atoms with E-state index in [1.807, 2.05) is 17.9 Å². The molecule has 2 rings (SSSR count). The summed E-state index contributed by atoms with van der Waals surface area (Å²) in [7, 11) is -1.37. The molecule has 0 bridgehead atoms. The minimum Gasteiger partial charge on any atom is -0.480 e. The average molecular weight is 454 g/mol. The van der Waals surface area contributed by atoms with Crippen LogP contribution in [0.1, 0.15) is 48.0 Å². The second-order valence-corrected chi connectivity index (χ2v) is 8.80. The van der Waals surface area contributed by atoms with Gasteiger partial charge < -0.3 is 25.8 Å². The van der Waals surface area contributed by atoms with E-state index < -0.39 is 18.6 Å². The number of aryl methyl sites for hydroxylation is 1. The Morgan fingerprint density at radius 3 is 2.35 bits per heavy atom. The van der Waals surface area contributed by atoms with E-state index in [-0.39, 0.29) is 12.2 Å². The molecule has 31 heavy (non-hydrogen) atoms. The second-order valence-electron chi connectivity index (χ2n) is 8.39. The number of carbonyl (C=O) groups is 2. The smallest absolute Gasteiger partial charge is 0.451 e. The van der Waals surface area contributed by atoms with Gasteiger partial charge in [-0.2, -0.15) is 0 Å². The van der Waals surface area contributed by atoms with Gasteiger partial charge in [0.2, 0.25) is 0 Å². The maximum absolute atomic E-state index is 12.7. The highest BCUT2D eigenvalue weighted by Gasteiger charge is 2.33. The number of benzene rings is 1. The highest BCUT2D eigenvalue weighted by molar-refractivity contribution is 6.40. The Labute approximate surface area is 189 Å². The van der Waals surface area contributed by atoms with Gasteiger partial charge in [0.05, 0.1) is 0 Å². The summed E-state index contributed by atoms with van der Waals surface area (Å²) in [6.07, 6.45) is 2.57. The lowest BCUT2D eigenvalue weighted by Crippen LogP contribution is -2.50. The first kappa shape index (κ1) is 25.6. The highest BCUT2D eigenvalue weighted by atomic mass is 35.5. The number of nitrogens with zero attached hydrogens (tertiary/aromatic N) is 2. The average Bonchev–Trinajstić information content (AvgIpc) is 2.73. The second kappa shape index (κ2) is 11.8. The summed E-state index contributed by atoms with van der Waals surface area (Å²) in [4.78, 5) is 28.4. The van der Waals surface area contributed by atoms with Crippen molar-refractivity contribution in [2.45, 2.75) is 50.9 Å². The number of nitrogens with two attached hydrogens (primary N) is 1. The van der Waals surface area contributed by atoms with E-state index in [2.05, 4.69) is 4.90 Å². The minimum absolute atomic E-state index is 0.0265. The molecule has 0 aromatic heterocycles. The topological polar surface area (TPSA) is 127 Å². The van der Waals surface area contributed by atoms with Gasteiger partial charge in [0.25, 0.3) is 5.91 Å². The molecule has 1 atom stereocenters. The molecule has 172 valence electrons. The summed E-state index contributed by atoms with van der Waals surface area (Å²) in [5.74, 6) is -1.05. The molecule has 1 aliphatic rings. The Kier molecular flexibility index (Phi) is 9.77. The van der Waals surface area contributed by atoms with Gasteiger partial charge in [-0.05, 0) is 56.7 Å². The van der Waals surface area contributed by atoms with Gasteiger partial charge in [0.1, 0.15) is 5.54 Å². The molecule has 1 saturated heterocycles. The fraction of sp³-hybridized carbons (Fsp3) is 0.619. The number of unbranched alkanes of at least 4 members (excludes halogenated alkanes) is 1. The van der Waals surface area contributed by atoms with Gasteiger partial charge in [-0.15, -0.1) is 0 Å². The molecule has 8 nitrogen and oxygen atoms in total. The van der Waals surface area contributed by atoms with Crippen LogP contribution >= 0.6 is 11.6 Å². The molecule has 1 heterocycles. The van der Waals surface area contributed by atoms with E-state index in [9.17, 15) is 14.7 Å². The van der Waals surface area contributed by atoms with E-state index >= 15 is 0 Å². The first-order valence-electron chi connectivity index (χ1n) is 10.8. The number of carboxylic acids is 1. The summed E-state index contributed by atoms with van der Waals surface area (Å²) in [5.41, 5.74) is 6.34. The summed E-state index contributed by atoms with van der Waals surface area (Å²) < 4.78 is 0. The van der Waals surface area contributed by atoms with Crippen LogP contribution in [0.25, 0.3) is 0 Å². The number of carboxylic acid groups (broad SMARTS) is 1. The van der Waals surface area contributed by atoms with Gasteiger partial charge in [0, 0.05) is 36.8 Å². The lowest BCUT2D eigenvalue weighted by Gasteiger charge is -2.35. The summed E-state index contributed by atoms with van der Waals surface area (Å²) in [5, 5.41) is 27.9. The van der Waals surface area contributed by atoms with Gasteiger partial charge in [-0.1, -0.05) is 30.5 Å². The Bertz CT molecular complexity index is 759. The van der Waals surface area contributed by atoms with Crippen molar-refractivity contribution in [2.75, 3.05) is 32.7 Å². The molecule has 1 aromatic carbocycles. The molecule has 5 N–H and O–H groups in total. The number of aliphatic carboxylic acids is 1. The molecule has 10 heteroatoms. The number of hydrogen-bond donors (Lipinski definition) is 4. The predicted molar refractivity (Wildman–Crippen MR) is 121 cm³/mol. The van der Waals surface area contributed by atoms with E-state index in [0.29, 0.717) is 55.8 Å². The monoisotopic (exact) mass is 453 g/mol. The molecule has 0 spiro atoms. The number of halogens is 1. The van der Waals surface area contributed by atoms with Crippen molar-refractivity contribution >= 4 is 30.6 Å². The van der Waals surface area contributed by atoms with E-state index in [4.69, 9.17) is 27.4 Å². The number of hydrogen-bond acceptors (Lipinski definition) is 6. The Morgan fingerprint density at radius 2 is 1.77 bits per heavy atom. The summed E-state index contributed by atoms with van der Waals surface area (Å²) in [6.45, 7) is 5.30. The van der Waals surface area contributed by atoms with Crippen LogP contribution in [0.5, 0.6) is 0 Å². The van der Waals surface area contributed by atoms with Crippen molar-refractivity contribution in [3.63, 3.8) is 0 Å². The SMILES string of the molecule is Cc1ccc(C(=O)N2CCN(CCCC(N)(CCCCB(O)O)C(=O)O)CC2)cc1Cl. The molecular formula is C21H33BClN3O5. The van der Waals surface area contributed by atoms with Crippen molar-refractivity contribution in [1.29, 1.82) is 0 Å². The Balaban J connectivity index is 1.75. The minimum atomic E-state index is -1.37. The number of piperazine rings is 1. The van der Waals surface area contributed by atoms with Crippen molar-refractivity contribution in [1.82, 2.24) is 9.80 Å². The Morgan fingerprint density at radius 1 is 1.13 bits per heavy atom. The zero-order chi connectivity index (χ0) is 23.0. The fourth-order valence-corrected chi connectivity index (χ4v) is 3.99. The van der Waals surface area contributed by atoms with E-state index in [0.717, 1.165) is 25.2 Å². The van der Waals surface area contributed by atoms with Crippen molar-refractivity contribution in [3.05, 3.63) is 34.3 Å². The van der Waals surface area contributed by atoms with Crippen LogP contribution in [0.4, 0.5) is 0 Å². The first-order valence-corrected chi connectivity index (χ1v) is 11.2. The molecular weight excluding hydrogens is 421 g/mol. The number of carbonyl (C=O) groups excluding carboxylic acids is 1. The third kappa shape index (κ3) is 7.77. The van der Waals surface area contributed by atoms with Crippen LogP contribution in [-0.4, -0.2) is 82.2 Å². The van der Waals surface area contributed by atoms with Crippen LogP contribution in [-0.2, 0) is 4.79 Å². The Hall–Kier alpha value is -1.65. The van der Waals surface area contributed by atoms with Crippen LogP contribution in [0.3, 0.4) is 0 Å². The molecule has 1 fully saturated rings. The zero-order valence-electron chi connectivity index (χ0n) is 18.1. The van der Waals surface area contributed by atoms with Crippen molar-refractivity contribution in [3.8, 4) is 0 Å². The predicted octanol–water partition coefficient (Wildman–Crippen LogP) is 1.61. The quantitative estimate of drug-likeness (QED) is 0.296. The zero-order valence-corrected chi connectivity index (χ0v) is 18.9. The molecule has 0 aliphatic carbocycles. The normalized spacial score (nSPS) is 16.7. The van der Waals surface area contributed by atoms with Crippen LogP contribution < -0.4 is 5.73 Å². The van der Waals surface area contributed by atoms with Crippen molar-refractivity contribution in [2.24, 2.45) is 5.73 Å².